The zero-order chi connectivity index (χ0) is 10.3. The SMILES string of the molecule is CC1(C)CC(=O)C2CC(Br)CCC2C1. The van der Waals surface area contributed by atoms with Crippen LogP contribution in [0.1, 0.15) is 46.0 Å². The molecule has 2 rings (SSSR count). The number of rotatable bonds is 0. The standard InChI is InChI=1S/C12H19BrO/c1-12(2)6-8-3-4-9(13)5-10(8)11(14)7-12/h8-10H,3-7H2,1-2H3. The number of carbonyl (C=O) groups is 1. The second-order valence-corrected chi connectivity index (χ2v) is 7.08. The van der Waals surface area contributed by atoms with E-state index in [0.29, 0.717) is 22.4 Å². The van der Waals surface area contributed by atoms with E-state index in [2.05, 4.69) is 29.8 Å². The van der Waals surface area contributed by atoms with Gasteiger partial charge in [-0.25, -0.2) is 0 Å². The zero-order valence-electron chi connectivity index (χ0n) is 9.05. The fourth-order valence-electron chi connectivity index (χ4n) is 3.21. The van der Waals surface area contributed by atoms with Crippen LogP contribution in [0.3, 0.4) is 0 Å². The fraction of sp³-hybridized carbons (Fsp3) is 0.917. The molecule has 0 saturated heterocycles. The molecule has 2 saturated carbocycles. The molecule has 0 aromatic heterocycles. The van der Waals surface area contributed by atoms with E-state index < -0.39 is 0 Å². The van der Waals surface area contributed by atoms with Crippen molar-refractivity contribution >= 4 is 21.7 Å². The molecule has 2 aliphatic carbocycles. The van der Waals surface area contributed by atoms with Crippen molar-refractivity contribution in [1.82, 2.24) is 0 Å². The van der Waals surface area contributed by atoms with Gasteiger partial charge in [-0.05, 0) is 37.0 Å². The number of hydrogen-bond acceptors (Lipinski definition) is 1. The van der Waals surface area contributed by atoms with Crippen LogP contribution in [0.25, 0.3) is 0 Å². The maximum absolute atomic E-state index is 12.0. The molecule has 1 nitrogen and oxygen atoms in total. The Balaban J connectivity index is 2.11. The van der Waals surface area contributed by atoms with Crippen LogP contribution < -0.4 is 0 Å². The second-order valence-electron chi connectivity index (χ2n) is 5.79. The average Bonchev–Trinajstić information content (AvgIpc) is 2.05. The summed E-state index contributed by atoms with van der Waals surface area (Å²) in [7, 11) is 0. The molecular weight excluding hydrogens is 240 g/mol. The van der Waals surface area contributed by atoms with E-state index in [1.807, 2.05) is 0 Å². The Kier molecular flexibility index (Phi) is 2.76. The maximum Gasteiger partial charge on any atom is 0.136 e. The van der Waals surface area contributed by atoms with Crippen molar-refractivity contribution in [3.05, 3.63) is 0 Å². The second kappa shape index (κ2) is 3.62. The quantitative estimate of drug-likeness (QED) is 0.608. The molecule has 0 aliphatic heterocycles. The molecule has 80 valence electrons. The maximum atomic E-state index is 12.0. The Hall–Kier alpha value is 0.150. The molecule has 0 aromatic rings. The highest BCUT2D eigenvalue weighted by Crippen LogP contribution is 2.47. The van der Waals surface area contributed by atoms with Crippen molar-refractivity contribution in [2.45, 2.75) is 50.8 Å². The van der Waals surface area contributed by atoms with E-state index in [1.54, 1.807) is 0 Å². The van der Waals surface area contributed by atoms with Gasteiger partial charge in [-0.1, -0.05) is 29.8 Å². The van der Waals surface area contributed by atoms with Crippen molar-refractivity contribution < 1.29 is 4.79 Å². The molecular formula is C12H19BrO. The highest BCUT2D eigenvalue weighted by atomic mass is 79.9. The molecule has 0 aromatic carbocycles. The fourth-order valence-corrected chi connectivity index (χ4v) is 3.87. The summed E-state index contributed by atoms with van der Waals surface area (Å²) in [6, 6.07) is 0. The Morgan fingerprint density at radius 3 is 2.79 bits per heavy atom. The van der Waals surface area contributed by atoms with Crippen LogP contribution >= 0.6 is 15.9 Å². The lowest BCUT2D eigenvalue weighted by Gasteiger charge is -2.43. The predicted molar refractivity (Wildman–Crippen MR) is 61.6 cm³/mol. The lowest BCUT2D eigenvalue weighted by atomic mass is 9.62. The molecule has 3 atom stereocenters. The van der Waals surface area contributed by atoms with Crippen LogP contribution in [0.5, 0.6) is 0 Å². The van der Waals surface area contributed by atoms with Crippen molar-refractivity contribution in [3.63, 3.8) is 0 Å². The normalized spacial score (nSPS) is 41.9. The molecule has 14 heavy (non-hydrogen) atoms. The summed E-state index contributed by atoms with van der Waals surface area (Å²) < 4.78 is 0. The van der Waals surface area contributed by atoms with Gasteiger partial charge in [0.05, 0.1) is 0 Å². The molecule has 2 heteroatoms. The molecule has 2 fully saturated rings. The summed E-state index contributed by atoms with van der Waals surface area (Å²) in [5, 5.41) is 0. The third-order valence-corrected chi connectivity index (χ3v) is 4.64. The minimum Gasteiger partial charge on any atom is -0.299 e. The van der Waals surface area contributed by atoms with Gasteiger partial charge in [0.25, 0.3) is 0 Å². The van der Waals surface area contributed by atoms with Crippen molar-refractivity contribution in [2.24, 2.45) is 17.3 Å². The Morgan fingerprint density at radius 2 is 2.07 bits per heavy atom. The monoisotopic (exact) mass is 258 g/mol. The number of fused-ring (bicyclic) bond motifs is 1. The van der Waals surface area contributed by atoms with E-state index in [1.165, 1.54) is 19.3 Å². The van der Waals surface area contributed by atoms with Gasteiger partial charge < -0.3 is 0 Å². The topological polar surface area (TPSA) is 17.1 Å². The van der Waals surface area contributed by atoms with Crippen LogP contribution in [0.15, 0.2) is 0 Å². The summed E-state index contributed by atoms with van der Waals surface area (Å²) in [5.41, 5.74) is 0.261. The number of alkyl halides is 1. The minimum absolute atomic E-state index is 0.261. The molecule has 0 spiro atoms. The Bertz CT molecular complexity index is 247. The average molecular weight is 259 g/mol. The Labute approximate surface area is 94.8 Å². The van der Waals surface area contributed by atoms with Crippen LogP contribution in [-0.2, 0) is 4.79 Å². The van der Waals surface area contributed by atoms with Crippen LogP contribution in [-0.4, -0.2) is 10.6 Å². The number of carbonyl (C=O) groups excluding carboxylic acids is 1. The lowest BCUT2D eigenvalue weighted by molar-refractivity contribution is -0.132. The smallest absolute Gasteiger partial charge is 0.136 e. The first-order chi connectivity index (χ1) is 6.48. The first-order valence-corrected chi connectivity index (χ1v) is 6.56. The van der Waals surface area contributed by atoms with Gasteiger partial charge in [0.15, 0.2) is 0 Å². The van der Waals surface area contributed by atoms with Gasteiger partial charge in [-0.15, -0.1) is 0 Å². The largest absolute Gasteiger partial charge is 0.299 e. The molecule has 0 radical (unpaired) electrons. The van der Waals surface area contributed by atoms with E-state index in [4.69, 9.17) is 0 Å². The van der Waals surface area contributed by atoms with Crippen molar-refractivity contribution in [2.75, 3.05) is 0 Å². The predicted octanol–water partition coefficient (Wildman–Crippen LogP) is 3.56. The van der Waals surface area contributed by atoms with Crippen molar-refractivity contribution in [1.29, 1.82) is 0 Å². The highest BCUT2D eigenvalue weighted by Gasteiger charge is 2.42. The van der Waals surface area contributed by atoms with Gasteiger partial charge in [0, 0.05) is 17.2 Å². The highest BCUT2D eigenvalue weighted by molar-refractivity contribution is 9.09. The van der Waals surface area contributed by atoms with E-state index in [0.717, 1.165) is 12.8 Å². The number of Topliss-reactive ketones (excluding diaryl/α,β-unsaturated/α-hetero) is 1. The summed E-state index contributed by atoms with van der Waals surface area (Å²) in [6.45, 7) is 4.47. The summed E-state index contributed by atoms with van der Waals surface area (Å²) in [5.74, 6) is 1.58. The van der Waals surface area contributed by atoms with Gasteiger partial charge >= 0.3 is 0 Å². The molecule has 3 unspecified atom stereocenters. The summed E-state index contributed by atoms with van der Waals surface area (Å²) >= 11 is 3.65. The molecule has 0 bridgehead atoms. The van der Waals surface area contributed by atoms with Gasteiger partial charge in [-0.3, -0.25) is 4.79 Å². The zero-order valence-corrected chi connectivity index (χ0v) is 10.6. The van der Waals surface area contributed by atoms with Gasteiger partial charge in [0.1, 0.15) is 5.78 Å². The molecule has 2 aliphatic rings. The summed E-state index contributed by atoms with van der Waals surface area (Å²) in [6.07, 6.45) is 5.64. The number of ketones is 1. The first-order valence-electron chi connectivity index (χ1n) is 5.65. The van der Waals surface area contributed by atoms with Crippen molar-refractivity contribution in [3.8, 4) is 0 Å². The van der Waals surface area contributed by atoms with Gasteiger partial charge in [0.2, 0.25) is 0 Å². The van der Waals surface area contributed by atoms with E-state index in [-0.39, 0.29) is 5.41 Å². The first kappa shape index (κ1) is 10.7. The molecule has 0 heterocycles. The third-order valence-electron chi connectivity index (χ3n) is 3.81. The van der Waals surface area contributed by atoms with E-state index in [9.17, 15) is 4.79 Å². The lowest BCUT2D eigenvalue weighted by Crippen LogP contribution is -2.40. The minimum atomic E-state index is 0.261. The van der Waals surface area contributed by atoms with Crippen LogP contribution in [0.2, 0.25) is 0 Å². The van der Waals surface area contributed by atoms with Crippen LogP contribution in [0, 0.1) is 17.3 Å². The molecule has 0 N–H and O–H groups in total. The van der Waals surface area contributed by atoms with E-state index >= 15 is 0 Å². The Morgan fingerprint density at radius 1 is 1.36 bits per heavy atom. The number of hydrogen-bond donors (Lipinski definition) is 0. The summed E-state index contributed by atoms with van der Waals surface area (Å²) in [4.78, 5) is 12.6. The molecule has 0 amide bonds. The van der Waals surface area contributed by atoms with Gasteiger partial charge in [-0.2, -0.15) is 0 Å². The van der Waals surface area contributed by atoms with Crippen LogP contribution in [0.4, 0.5) is 0 Å². The third kappa shape index (κ3) is 2.05. The number of halogens is 1.